The van der Waals surface area contributed by atoms with E-state index in [4.69, 9.17) is 4.74 Å². The number of carbonyl (C=O) groups excluding carboxylic acids is 2. The summed E-state index contributed by atoms with van der Waals surface area (Å²) < 4.78 is 5.04. The Morgan fingerprint density at radius 2 is 2.03 bits per heavy atom. The molecule has 0 aliphatic carbocycles. The average Bonchev–Trinajstić information content (AvgIpc) is 2.93. The molecule has 1 aliphatic rings. The number of rotatable bonds is 8. The van der Waals surface area contributed by atoms with Crippen molar-refractivity contribution in [1.82, 2.24) is 14.8 Å². The van der Waals surface area contributed by atoms with E-state index in [9.17, 15) is 9.59 Å². The molecule has 30 heavy (non-hydrogen) atoms. The third-order valence-electron chi connectivity index (χ3n) is 5.39. The predicted molar refractivity (Wildman–Crippen MR) is 117 cm³/mol. The van der Waals surface area contributed by atoms with E-state index < -0.39 is 0 Å². The van der Waals surface area contributed by atoms with Crippen LogP contribution in [0.1, 0.15) is 12.0 Å². The lowest BCUT2D eigenvalue weighted by atomic mass is 9.96. The van der Waals surface area contributed by atoms with Gasteiger partial charge in [-0.3, -0.25) is 14.6 Å². The molecule has 6 heteroatoms. The highest BCUT2D eigenvalue weighted by atomic mass is 16.5. The molecule has 3 rings (SSSR count). The van der Waals surface area contributed by atoms with Gasteiger partial charge in [0.1, 0.15) is 0 Å². The van der Waals surface area contributed by atoms with Gasteiger partial charge in [0.15, 0.2) is 0 Å². The maximum atomic E-state index is 13.1. The van der Waals surface area contributed by atoms with Gasteiger partial charge < -0.3 is 14.5 Å². The number of pyridine rings is 1. The summed E-state index contributed by atoms with van der Waals surface area (Å²) in [5.74, 6) is -0.168. The van der Waals surface area contributed by atoms with Crippen LogP contribution in [-0.4, -0.2) is 66.5 Å². The van der Waals surface area contributed by atoms with Crippen LogP contribution in [0.25, 0.3) is 11.1 Å². The van der Waals surface area contributed by atoms with Crippen LogP contribution in [0.4, 0.5) is 0 Å². The first-order chi connectivity index (χ1) is 14.6. The Morgan fingerprint density at radius 1 is 1.23 bits per heavy atom. The van der Waals surface area contributed by atoms with Crippen molar-refractivity contribution in [2.75, 3.05) is 39.9 Å². The zero-order valence-corrected chi connectivity index (χ0v) is 17.5. The second kappa shape index (κ2) is 10.7. The summed E-state index contributed by atoms with van der Waals surface area (Å²) in [5, 5.41) is 0. The van der Waals surface area contributed by atoms with Crippen molar-refractivity contribution in [3.63, 3.8) is 0 Å². The van der Waals surface area contributed by atoms with Crippen LogP contribution in [-0.2, 0) is 20.7 Å². The summed E-state index contributed by atoms with van der Waals surface area (Å²) in [6.07, 6.45) is 6.25. The van der Waals surface area contributed by atoms with Crippen molar-refractivity contribution >= 4 is 11.8 Å². The Morgan fingerprint density at radius 3 is 2.70 bits per heavy atom. The van der Waals surface area contributed by atoms with Gasteiger partial charge in [0, 0.05) is 45.7 Å². The molecule has 1 atom stereocenters. The molecule has 1 saturated heterocycles. The molecule has 1 aromatic carbocycles. The number of carbonyl (C=O) groups is 2. The van der Waals surface area contributed by atoms with Gasteiger partial charge in [0.2, 0.25) is 11.8 Å². The van der Waals surface area contributed by atoms with E-state index >= 15 is 0 Å². The maximum Gasteiger partial charge on any atom is 0.228 e. The van der Waals surface area contributed by atoms with E-state index in [0.717, 1.165) is 16.7 Å². The van der Waals surface area contributed by atoms with Crippen LogP contribution < -0.4 is 0 Å². The van der Waals surface area contributed by atoms with Gasteiger partial charge in [-0.2, -0.15) is 0 Å². The lowest BCUT2D eigenvalue weighted by molar-refractivity contribution is -0.134. The molecule has 0 spiro atoms. The van der Waals surface area contributed by atoms with Crippen LogP contribution >= 0.6 is 0 Å². The number of benzene rings is 1. The van der Waals surface area contributed by atoms with Gasteiger partial charge in [-0.25, -0.2) is 0 Å². The quantitative estimate of drug-likeness (QED) is 0.632. The molecule has 6 nitrogen and oxygen atoms in total. The third-order valence-corrected chi connectivity index (χ3v) is 5.39. The molecule has 1 aromatic heterocycles. The monoisotopic (exact) mass is 407 g/mol. The average molecular weight is 408 g/mol. The Balaban J connectivity index is 1.75. The molecule has 1 aliphatic heterocycles. The van der Waals surface area contributed by atoms with Crippen LogP contribution in [0.5, 0.6) is 0 Å². The zero-order chi connectivity index (χ0) is 21.3. The Kier molecular flexibility index (Phi) is 7.74. The molecule has 2 aromatic rings. The second-order valence-electron chi connectivity index (χ2n) is 7.50. The molecule has 0 N–H and O–H groups in total. The number of amides is 2. The minimum Gasteiger partial charge on any atom is -0.384 e. The minimum absolute atomic E-state index is 0.0297. The van der Waals surface area contributed by atoms with Crippen LogP contribution in [0.3, 0.4) is 0 Å². The van der Waals surface area contributed by atoms with Crippen molar-refractivity contribution < 1.29 is 14.3 Å². The third kappa shape index (κ3) is 5.54. The van der Waals surface area contributed by atoms with Crippen LogP contribution in [0, 0.1) is 5.92 Å². The van der Waals surface area contributed by atoms with E-state index in [0.29, 0.717) is 45.6 Å². The number of hydrogen-bond donors (Lipinski definition) is 0. The number of aromatic nitrogens is 1. The summed E-state index contributed by atoms with van der Waals surface area (Å²) >= 11 is 0. The molecule has 0 unspecified atom stereocenters. The molecule has 0 saturated carbocycles. The fraction of sp³-hybridized carbons (Fsp3) is 0.375. The van der Waals surface area contributed by atoms with Crippen LogP contribution in [0.15, 0.2) is 61.4 Å². The fourth-order valence-electron chi connectivity index (χ4n) is 3.76. The number of hydrogen-bond acceptors (Lipinski definition) is 4. The lowest BCUT2D eigenvalue weighted by Crippen LogP contribution is -2.38. The Labute approximate surface area is 178 Å². The summed E-state index contributed by atoms with van der Waals surface area (Å²) in [6.45, 7) is 6.15. The van der Waals surface area contributed by atoms with E-state index in [1.54, 1.807) is 29.2 Å². The second-order valence-corrected chi connectivity index (χ2v) is 7.50. The number of methoxy groups -OCH3 is 1. The minimum atomic E-state index is -0.275. The fourth-order valence-corrected chi connectivity index (χ4v) is 3.76. The van der Waals surface area contributed by atoms with Gasteiger partial charge in [0.25, 0.3) is 0 Å². The highest BCUT2D eigenvalue weighted by molar-refractivity contribution is 5.82. The summed E-state index contributed by atoms with van der Waals surface area (Å²) in [6, 6.07) is 12.1. The molecule has 2 amide bonds. The van der Waals surface area contributed by atoms with E-state index in [1.165, 1.54) is 0 Å². The van der Waals surface area contributed by atoms with E-state index in [-0.39, 0.29) is 17.7 Å². The van der Waals surface area contributed by atoms with Crippen LogP contribution in [0.2, 0.25) is 0 Å². The largest absolute Gasteiger partial charge is 0.384 e. The number of nitrogens with zero attached hydrogens (tertiary/aromatic N) is 3. The first-order valence-corrected chi connectivity index (χ1v) is 10.3. The van der Waals surface area contributed by atoms with E-state index in [2.05, 4.69) is 35.8 Å². The number of ether oxygens (including phenoxy) is 1. The summed E-state index contributed by atoms with van der Waals surface area (Å²) in [4.78, 5) is 33.5. The zero-order valence-electron chi connectivity index (χ0n) is 17.5. The Hall–Kier alpha value is -2.99. The van der Waals surface area contributed by atoms with Crippen molar-refractivity contribution in [3.05, 3.63) is 67.0 Å². The van der Waals surface area contributed by atoms with Gasteiger partial charge in [-0.1, -0.05) is 36.4 Å². The van der Waals surface area contributed by atoms with Crippen molar-refractivity contribution in [3.8, 4) is 11.1 Å². The van der Waals surface area contributed by atoms with Crippen molar-refractivity contribution in [1.29, 1.82) is 0 Å². The topological polar surface area (TPSA) is 62.7 Å². The van der Waals surface area contributed by atoms with Gasteiger partial charge in [-0.05, 0) is 29.2 Å². The highest BCUT2D eigenvalue weighted by Gasteiger charge is 2.31. The first-order valence-electron chi connectivity index (χ1n) is 10.3. The molecular formula is C24H29N3O3. The molecule has 2 heterocycles. The lowest BCUT2D eigenvalue weighted by Gasteiger charge is -2.23. The van der Waals surface area contributed by atoms with E-state index in [1.807, 2.05) is 18.3 Å². The molecule has 0 bridgehead atoms. The SMILES string of the molecule is C=CCN1CCN(C(=O)CCOC)C[C@H](Cc2ccc(-c3cccnc3)cc2)C1=O. The summed E-state index contributed by atoms with van der Waals surface area (Å²) in [7, 11) is 1.59. The van der Waals surface area contributed by atoms with Crippen molar-refractivity contribution in [2.45, 2.75) is 12.8 Å². The van der Waals surface area contributed by atoms with Crippen molar-refractivity contribution in [2.24, 2.45) is 5.92 Å². The van der Waals surface area contributed by atoms with Gasteiger partial charge in [0.05, 0.1) is 18.9 Å². The van der Waals surface area contributed by atoms with Gasteiger partial charge >= 0.3 is 0 Å². The standard InChI is InChI=1S/C24H29N3O3/c1-3-12-26-13-14-27(23(28)10-15-30-2)18-22(24(26)29)16-19-6-8-20(9-7-19)21-5-4-11-25-17-21/h3-9,11,17,22H,1,10,12-16,18H2,2H3/t22-/m0/s1. The smallest absolute Gasteiger partial charge is 0.228 e. The molecule has 158 valence electrons. The molecular weight excluding hydrogens is 378 g/mol. The van der Waals surface area contributed by atoms with Gasteiger partial charge in [-0.15, -0.1) is 6.58 Å². The highest BCUT2D eigenvalue weighted by Crippen LogP contribution is 2.22. The molecule has 0 radical (unpaired) electrons. The summed E-state index contributed by atoms with van der Waals surface area (Å²) in [5.41, 5.74) is 3.22. The normalized spacial score (nSPS) is 17.0. The molecule has 1 fully saturated rings. The Bertz CT molecular complexity index is 852. The predicted octanol–water partition coefficient (Wildman–Crippen LogP) is 2.80. The maximum absolute atomic E-state index is 13.1. The first kappa shape index (κ1) is 21.7.